The van der Waals surface area contributed by atoms with Crippen LogP contribution in [0, 0.1) is 16.0 Å². The first kappa shape index (κ1) is 36.5. The van der Waals surface area contributed by atoms with Gasteiger partial charge in [-0.3, -0.25) is 14.9 Å². The Hall–Kier alpha value is -5.75. The number of thiazole rings is 1. The number of benzene rings is 3. The van der Waals surface area contributed by atoms with Crippen molar-refractivity contribution in [2.75, 3.05) is 29.9 Å². The van der Waals surface area contributed by atoms with Gasteiger partial charge in [0.2, 0.25) is 0 Å². The molecule has 0 bridgehead atoms. The van der Waals surface area contributed by atoms with Crippen LogP contribution in [0.4, 0.5) is 30.2 Å². The third-order valence-electron chi connectivity index (χ3n) is 7.45. The van der Waals surface area contributed by atoms with Gasteiger partial charge in [0.05, 0.1) is 35.2 Å². The van der Waals surface area contributed by atoms with E-state index >= 15 is 0 Å². The van der Waals surface area contributed by atoms with Crippen LogP contribution in [0.5, 0.6) is 11.5 Å². The number of piperidine rings is 1. The van der Waals surface area contributed by atoms with E-state index in [9.17, 15) is 36.5 Å². The number of carbonyl (C=O) groups excluding carboxylic acids is 1. The van der Waals surface area contributed by atoms with Crippen molar-refractivity contribution in [3.8, 4) is 22.1 Å². The van der Waals surface area contributed by atoms with E-state index in [4.69, 9.17) is 4.74 Å². The van der Waals surface area contributed by atoms with Crippen LogP contribution in [0.1, 0.15) is 28.9 Å². The summed E-state index contributed by atoms with van der Waals surface area (Å²) < 4.78 is 75.6. The lowest BCUT2D eigenvalue weighted by Gasteiger charge is -2.36. The number of ether oxygens (including phenoxy) is 1. The molecule has 51 heavy (non-hydrogen) atoms. The summed E-state index contributed by atoms with van der Waals surface area (Å²) in [5.74, 6) is -1.24. The standard InChI is InChI=1S/C27H23F3N6O4S2.C6H5NO2/c28-27(29,30)23-22(40-19-6-2-1-3-7-19)9-8-20(24(23)36-12-4-5-17(15-36)13-33-42(38)39)34-25(37)21-16-41-26(35-21)18-10-11-31-32-14-18;8-7(9)6-4-2-1-3-5-6/h1-3,6-11,14,16-17H,4-5,12-13,15H2,(H,34,37);1-5H/t17-;/m1./s1. The molecule has 2 aromatic heterocycles. The molecule has 264 valence electrons. The Bertz CT molecular complexity index is 2100. The van der Waals surface area contributed by atoms with Crippen LogP contribution in [-0.4, -0.2) is 54.1 Å². The molecule has 3 heterocycles. The van der Waals surface area contributed by atoms with Crippen molar-refractivity contribution in [3.63, 3.8) is 0 Å². The van der Waals surface area contributed by atoms with Crippen LogP contribution < -0.4 is 15.0 Å². The molecule has 0 saturated carbocycles. The highest BCUT2D eigenvalue weighted by molar-refractivity contribution is 7.61. The number of para-hydroxylation sites is 2. The third-order valence-corrected chi connectivity index (χ3v) is 8.70. The molecule has 1 aliphatic rings. The monoisotopic (exact) mass is 739 g/mol. The minimum absolute atomic E-state index is 0.0178. The summed E-state index contributed by atoms with van der Waals surface area (Å²) in [6, 6.07) is 20.2. The normalized spacial score (nSPS) is 14.1. The number of nitro groups is 1. The van der Waals surface area contributed by atoms with Gasteiger partial charge < -0.3 is 15.0 Å². The average molecular weight is 740 g/mol. The number of rotatable bonds is 9. The van der Waals surface area contributed by atoms with E-state index in [0.717, 1.165) is 0 Å². The summed E-state index contributed by atoms with van der Waals surface area (Å²) in [4.78, 5) is 28.7. The molecular formula is C33H28F3N7O6S2. The summed E-state index contributed by atoms with van der Waals surface area (Å²) in [5, 5.41) is 22.1. The summed E-state index contributed by atoms with van der Waals surface area (Å²) in [6.07, 6.45) is -0.812. The van der Waals surface area contributed by atoms with Crippen LogP contribution in [0.3, 0.4) is 0 Å². The summed E-state index contributed by atoms with van der Waals surface area (Å²) in [5.41, 5.74) is -0.623. The van der Waals surface area contributed by atoms with Crippen molar-refractivity contribution < 1.29 is 36.0 Å². The van der Waals surface area contributed by atoms with Gasteiger partial charge in [-0.15, -0.1) is 11.3 Å². The molecule has 6 rings (SSSR count). The maximum Gasteiger partial charge on any atom is 0.422 e. The maximum absolute atomic E-state index is 14.8. The number of alkyl halides is 3. The lowest BCUT2D eigenvalue weighted by Crippen LogP contribution is -2.38. The quantitative estimate of drug-likeness (QED) is 0.118. The van der Waals surface area contributed by atoms with E-state index in [2.05, 4.69) is 24.9 Å². The minimum atomic E-state index is -4.86. The fourth-order valence-corrected chi connectivity index (χ4v) is 6.35. The zero-order valence-electron chi connectivity index (χ0n) is 26.4. The Morgan fingerprint density at radius 2 is 1.78 bits per heavy atom. The second-order valence-corrected chi connectivity index (χ2v) is 12.5. The second kappa shape index (κ2) is 16.8. The number of carbonyl (C=O) groups is 1. The van der Waals surface area contributed by atoms with Crippen LogP contribution in [0.25, 0.3) is 10.6 Å². The fraction of sp³-hybridized carbons (Fsp3) is 0.212. The Morgan fingerprint density at radius 3 is 2.41 bits per heavy atom. The van der Waals surface area contributed by atoms with Crippen LogP contribution in [0.2, 0.25) is 0 Å². The Morgan fingerprint density at radius 1 is 1.06 bits per heavy atom. The first-order chi connectivity index (χ1) is 24.5. The molecule has 1 saturated heterocycles. The van der Waals surface area contributed by atoms with E-state index in [1.54, 1.807) is 42.5 Å². The number of nitro benzene ring substituents is 1. The lowest BCUT2D eigenvalue weighted by molar-refractivity contribution is -0.384. The smallest absolute Gasteiger partial charge is 0.422 e. The fourth-order valence-electron chi connectivity index (χ4n) is 5.22. The zero-order chi connectivity index (χ0) is 36.4. The molecule has 18 heteroatoms. The Balaban J connectivity index is 0.000000488. The predicted molar refractivity (Wildman–Crippen MR) is 183 cm³/mol. The molecule has 0 unspecified atom stereocenters. The van der Waals surface area contributed by atoms with Crippen molar-refractivity contribution in [1.82, 2.24) is 15.2 Å². The Labute approximate surface area is 294 Å². The van der Waals surface area contributed by atoms with Gasteiger partial charge in [-0.1, -0.05) is 36.4 Å². The van der Waals surface area contributed by atoms with E-state index in [-0.39, 0.29) is 54.1 Å². The second-order valence-electron chi connectivity index (χ2n) is 10.9. The molecule has 13 nitrogen and oxygen atoms in total. The van der Waals surface area contributed by atoms with Crippen LogP contribution >= 0.6 is 11.3 Å². The SMILES string of the molecule is O=C(Nc1ccc(Oc2ccccc2)c(C(F)(F)F)c1N1CCC[C@H](CN=S(=O)=O)C1)c1csc(-c2ccnnc2)n1.O=[N+]([O-])c1ccccc1. The highest BCUT2D eigenvalue weighted by atomic mass is 32.2. The van der Waals surface area contributed by atoms with Gasteiger partial charge in [0.1, 0.15) is 27.8 Å². The molecule has 3 aromatic carbocycles. The molecule has 5 aromatic rings. The van der Waals surface area contributed by atoms with Crippen molar-refractivity contribution in [1.29, 1.82) is 0 Å². The van der Waals surface area contributed by atoms with Crippen molar-refractivity contribution >= 4 is 44.8 Å². The number of aromatic nitrogens is 3. The number of anilines is 2. The third kappa shape index (κ3) is 9.92. The van der Waals surface area contributed by atoms with Crippen LogP contribution in [0.15, 0.2) is 101 Å². The Kier molecular flexibility index (Phi) is 12.0. The molecule has 1 aliphatic heterocycles. The van der Waals surface area contributed by atoms with Gasteiger partial charge in [0, 0.05) is 36.2 Å². The first-order valence-electron chi connectivity index (χ1n) is 15.2. The largest absolute Gasteiger partial charge is 0.457 e. The van der Waals surface area contributed by atoms with E-state index in [1.165, 1.54) is 70.4 Å². The predicted octanol–water partition coefficient (Wildman–Crippen LogP) is 7.54. The minimum Gasteiger partial charge on any atom is -0.457 e. The van der Waals surface area contributed by atoms with Gasteiger partial charge in [-0.2, -0.15) is 36.1 Å². The van der Waals surface area contributed by atoms with E-state index in [0.29, 0.717) is 23.4 Å². The number of hydrogen-bond acceptors (Lipinski definition) is 12. The molecule has 0 radical (unpaired) electrons. The number of halogens is 3. The van der Waals surface area contributed by atoms with Crippen molar-refractivity contribution in [2.24, 2.45) is 10.3 Å². The van der Waals surface area contributed by atoms with Gasteiger partial charge in [0.15, 0.2) is 0 Å². The molecule has 0 aliphatic carbocycles. The number of non-ortho nitro benzene ring substituents is 1. The zero-order valence-corrected chi connectivity index (χ0v) is 28.1. The first-order valence-corrected chi connectivity index (χ1v) is 17.1. The van der Waals surface area contributed by atoms with Crippen LogP contribution in [-0.2, 0) is 16.7 Å². The van der Waals surface area contributed by atoms with Gasteiger partial charge in [0.25, 0.3) is 11.6 Å². The summed E-state index contributed by atoms with van der Waals surface area (Å²) in [6.45, 7) is 0.284. The van der Waals surface area contributed by atoms with Gasteiger partial charge in [-0.05, 0) is 49.1 Å². The molecule has 1 amide bonds. The van der Waals surface area contributed by atoms with Gasteiger partial charge in [-0.25, -0.2) is 4.98 Å². The highest BCUT2D eigenvalue weighted by Gasteiger charge is 2.41. The molecule has 1 fully saturated rings. The van der Waals surface area contributed by atoms with E-state index in [1.807, 2.05) is 0 Å². The van der Waals surface area contributed by atoms with Crippen molar-refractivity contribution in [3.05, 3.63) is 118 Å². The number of amides is 1. The van der Waals surface area contributed by atoms with Crippen molar-refractivity contribution in [2.45, 2.75) is 19.0 Å². The lowest BCUT2D eigenvalue weighted by atomic mass is 9.96. The maximum atomic E-state index is 14.8. The average Bonchev–Trinajstić information content (AvgIpc) is 3.63. The topological polar surface area (TPSA) is 170 Å². The molecule has 1 atom stereocenters. The number of nitrogens with one attached hydrogen (secondary N) is 1. The van der Waals surface area contributed by atoms with E-state index < -0.39 is 38.8 Å². The summed E-state index contributed by atoms with van der Waals surface area (Å²) in [7, 11) is -2.63. The number of hydrogen-bond donors (Lipinski definition) is 1. The highest BCUT2D eigenvalue weighted by Crippen LogP contribution is 2.48. The molecular weight excluding hydrogens is 712 g/mol. The summed E-state index contributed by atoms with van der Waals surface area (Å²) >= 11 is 1.18. The molecule has 0 spiro atoms. The van der Waals surface area contributed by atoms with Gasteiger partial charge >= 0.3 is 16.7 Å². The number of nitrogens with zero attached hydrogens (tertiary/aromatic N) is 6. The molecule has 1 N–H and O–H groups in total.